The zero-order valence-electron chi connectivity index (χ0n) is 16.6. The van der Waals surface area contributed by atoms with Crippen molar-refractivity contribution < 1.29 is 22.0 Å². The maximum Gasteiger partial charge on any atom is 0.240 e. The van der Waals surface area contributed by atoms with Gasteiger partial charge in [0.2, 0.25) is 15.9 Å². The van der Waals surface area contributed by atoms with Crippen LogP contribution in [-0.4, -0.2) is 27.4 Å². The van der Waals surface area contributed by atoms with Crippen LogP contribution in [0.15, 0.2) is 83.8 Å². The lowest BCUT2D eigenvalue weighted by atomic mass is 9.91. The third-order valence-corrected chi connectivity index (χ3v) is 6.21. The van der Waals surface area contributed by atoms with E-state index in [9.17, 15) is 22.0 Å². The molecule has 3 aromatic rings. The average molecular weight is 445 g/mol. The van der Waals surface area contributed by atoms with Crippen LogP contribution in [0.1, 0.15) is 23.5 Å². The van der Waals surface area contributed by atoms with Gasteiger partial charge in [-0.3, -0.25) is 4.79 Å². The fourth-order valence-electron chi connectivity index (χ4n) is 3.13. The Kier molecular flexibility index (Phi) is 7.49. The van der Waals surface area contributed by atoms with Gasteiger partial charge in [-0.25, -0.2) is 21.9 Å². The van der Waals surface area contributed by atoms with Gasteiger partial charge in [-0.2, -0.15) is 0 Å². The molecule has 0 saturated carbocycles. The van der Waals surface area contributed by atoms with Gasteiger partial charge in [0.05, 0.1) is 4.90 Å². The molecule has 0 aliphatic rings. The molecule has 0 radical (unpaired) electrons. The first-order valence-corrected chi connectivity index (χ1v) is 11.2. The molecule has 0 spiro atoms. The first-order chi connectivity index (χ1) is 14.9. The van der Waals surface area contributed by atoms with E-state index in [1.807, 2.05) is 60.7 Å². The highest BCUT2D eigenvalue weighted by molar-refractivity contribution is 7.89. The summed E-state index contributed by atoms with van der Waals surface area (Å²) in [5, 5.41) is 2.84. The maximum absolute atomic E-state index is 13.3. The van der Waals surface area contributed by atoms with E-state index in [1.54, 1.807) is 0 Å². The number of benzene rings is 3. The van der Waals surface area contributed by atoms with Crippen molar-refractivity contribution in [3.63, 3.8) is 0 Å². The van der Waals surface area contributed by atoms with Gasteiger partial charge < -0.3 is 5.32 Å². The minimum Gasteiger partial charge on any atom is -0.355 e. The van der Waals surface area contributed by atoms with Crippen LogP contribution in [0.5, 0.6) is 0 Å². The smallest absolute Gasteiger partial charge is 0.240 e. The number of halogens is 2. The first-order valence-electron chi connectivity index (χ1n) is 9.68. The van der Waals surface area contributed by atoms with Crippen molar-refractivity contribution in [2.45, 2.75) is 17.2 Å². The van der Waals surface area contributed by atoms with Crippen LogP contribution < -0.4 is 10.0 Å². The Morgan fingerprint density at radius 3 is 1.97 bits per heavy atom. The minimum absolute atomic E-state index is 0.0507. The van der Waals surface area contributed by atoms with Crippen LogP contribution in [0.4, 0.5) is 8.78 Å². The monoisotopic (exact) mass is 444 g/mol. The van der Waals surface area contributed by atoms with Gasteiger partial charge in [0.1, 0.15) is 0 Å². The molecule has 0 fully saturated rings. The number of amides is 1. The first kappa shape index (κ1) is 22.6. The van der Waals surface area contributed by atoms with Crippen molar-refractivity contribution in [1.29, 1.82) is 0 Å². The number of sulfonamides is 1. The highest BCUT2D eigenvalue weighted by Crippen LogP contribution is 2.23. The van der Waals surface area contributed by atoms with Crippen LogP contribution in [0.3, 0.4) is 0 Å². The van der Waals surface area contributed by atoms with E-state index in [1.165, 1.54) is 0 Å². The zero-order valence-corrected chi connectivity index (χ0v) is 17.4. The molecule has 5 nitrogen and oxygen atoms in total. The molecule has 0 unspecified atom stereocenters. The topological polar surface area (TPSA) is 75.3 Å². The van der Waals surface area contributed by atoms with Crippen LogP contribution in [-0.2, 0) is 14.8 Å². The molecule has 1 amide bonds. The van der Waals surface area contributed by atoms with Crippen molar-refractivity contribution in [3.05, 3.63) is 102 Å². The van der Waals surface area contributed by atoms with E-state index in [2.05, 4.69) is 10.0 Å². The van der Waals surface area contributed by atoms with Gasteiger partial charge in [0.15, 0.2) is 11.6 Å². The second kappa shape index (κ2) is 10.3. The Hall–Kier alpha value is -3.10. The van der Waals surface area contributed by atoms with Crippen molar-refractivity contribution in [1.82, 2.24) is 10.0 Å². The highest BCUT2D eigenvalue weighted by Gasteiger charge is 2.18. The average Bonchev–Trinajstić information content (AvgIpc) is 2.77. The number of carbonyl (C=O) groups is 1. The second-order valence-corrected chi connectivity index (χ2v) is 8.67. The summed E-state index contributed by atoms with van der Waals surface area (Å²) in [6.45, 7) is 0.178. The fraction of sp³-hybridized carbons (Fsp3) is 0.174. The lowest BCUT2D eigenvalue weighted by Gasteiger charge is -2.19. The largest absolute Gasteiger partial charge is 0.355 e. The van der Waals surface area contributed by atoms with Crippen LogP contribution >= 0.6 is 0 Å². The molecule has 31 heavy (non-hydrogen) atoms. The summed E-state index contributed by atoms with van der Waals surface area (Å²) in [6.07, 6.45) is -0.0980. The summed E-state index contributed by atoms with van der Waals surface area (Å²) < 4.78 is 52.9. The number of hydrogen-bond donors (Lipinski definition) is 2. The fourth-order valence-corrected chi connectivity index (χ4v) is 4.17. The molecule has 2 N–H and O–H groups in total. The summed E-state index contributed by atoms with van der Waals surface area (Å²) in [6, 6.07) is 21.8. The number of hydrogen-bond acceptors (Lipinski definition) is 3. The zero-order chi connectivity index (χ0) is 22.3. The van der Waals surface area contributed by atoms with Gasteiger partial charge in [-0.15, -0.1) is 0 Å². The summed E-state index contributed by atoms with van der Waals surface area (Å²) in [4.78, 5) is 11.9. The molecule has 0 saturated heterocycles. The second-order valence-electron chi connectivity index (χ2n) is 6.90. The Morgan fingerprint density at radius 1 is 0.839 bits per heavy atom. The van der Waals surface area contributed by atoms with Gasteiger partial charge in [-0.1, -0.05) is 60.7 Å². The molecule has 3 aromatic carbocycles. The van der Waals surface area contributed by atoms with Crippen molar-refractivity contribution in [2.24, 2.45) is 0 Å². The van der Waals surface area contributed by atoms with E-state index >= 15 is 0 Å². The van der Waals surface area contributed by atoms with Crippen LogP contribution in [0.2, 0.25) is 0 Å². The SMILES string of the molecule is O=C(CCNS(=O)(=O)c1ccc(F)c(F)c1)NCC(c1ccccc1)c1ccccc1. The van der Waals surface area contributed by atoms with Crippen molar-refractivity contribution in [2.75, 3.05) is 13.1 Å². The number of nitrogens with one attached hydrogen (secondary N) is 2. The van der Waals surface area contributed by atoms with Crippen molar-refractivity contribution >= 4 is 15.9 Å². The van der Waals surface area contributed by atoms with E-state index in [0.717, 1.165) is 23.3 Å². The molecule has 0 aliphatic heterocycles. The molecule has 8 heteroatoms. The molecule has 0 atom stereocenters. The van der Waals surface area contributed by atoms with E-state index in [4.69, 9.17) is 0 Å². The summed E-state index contributed by atoms with van der Waals surface area (Å²) in [7, 11) is -4.05. The van der Waals surface area contributed by atoms with Crippen LogP contribution in [0.25, 0.3) is 0 Å². The molecular formula is C23H22F2N2O3S. The number of rotatable bonds is 9. The predicted octanol–water partition coefficient (Wildman–Crippen LogP) is 3.58. The summed E-state index contributed by atoms with van der Waals surface area (Å²) >= 11 is 0. The van der Waals surface area contributed by atoms with Gasteiger partial charge in [0.25, 0.3) is 0 Å². The Morgan fingerprint density at radius 2 is 1.42 bits per heavy atom. The third kappa shape index (κ3) is 6.19. The molecule has 0 bridgehead atoms. The number of carbonyl (C=O) groups excluding carboxylic acids is 1. The molecule has 0 aromatic heterocycles. The Bertz CT molecular complexity index is 1080. The lowest BCUT2D eigenvalue weighted by Crippen LogP contribution is -2.33. The Balaban J connectivity index is 1.56. The lowest BCUT2D eigenvalue weighted by molar-refractivity contribution is -0.120. The summed E-state index contributed by atoms with van der Waals surface area (Å²) in [5.74, 6) is -2.77. The van der Waals surface area contributed by atoms with E-state index in [0.29, 0.717) is 12.6 Å². The minimum atomic E-state index is -4.05. The molecule has 0 aliphatic carbocycles. The Labute approximate surface area is 180 Å². The predicted molar refractivity (Wildman–Crippen MR) is 114 cm³/mol. The van der Waals surface area contributed by atoms with E-state index in [-0.39, 0.29) is 24.8 Å². The van der Waals surface area contributed by atoms with Crippen LogP contribution in [0, 0.1) is 11.6 Å². The highest BCUT2D eigenvalue weighted by atomic mass is 32.2. The summed E-state index contributed by atoms with van der Waals surface area (Å²) in [5.41, 5.74) is 2.10. The van der Waals surface area contributed by atoms with Crippen molar-refractivity contribution in [3.8, 4) is 0 Å². The van der Waals surface area contributed by atoms with E-state index < -0.39 is 26.6 Å². The van der Waals surface area contributed by atoms with Gasteiger partial charge in [0, 0.05) is 25.4 Å². The van der Waals surface area contributed by atoms with Gasteiger partial charge in [-0.05, 0) is 29.3 Å². The third-order valence-electron chi connectivity index (χ3n) is 4.75. The quantitative estimate of drug-likeness (QED) is 0.530. The molecule has 162 valence electrons. The molecular weight excluding hydrogens is 422 g/mol. The standard InChI is InChI=1S/C23H22F2N2O3S/c24-21-12-11-19(15-22(21)25)31(29,30)27-14-13-23(28)26-16-20(17-7-3-1-4-8-17)18-9-5-2-6-10-18/h1-12,15,20,27H,13-14,16H2,(H,26,28). The molecule has 3 rings (SSSR count). The normalized spacial score (nSPS) is 11.5. The van der Waals surface area contributed by atoms with Gasteiger partial charge >= 0.3 is 0 Å². The molecule has 0 heterocycles. The maximum atomic E-state index is 13.3.